The Morgan fingerprint density at radius 1 is 1.19 bits per heavy atom. The maximum Gasteiger partial charge on any atom is 0.162 e. The minimum Gasteiger partial charge on any atom is -0.493 e. The SMILES string of the molecule is CCC(C)n1ccc(CNc2ccc(OC)c(OC)c2)n1. The molecule has 114 valence electrons. The maximum atomic E-state index is 5.29. The van der Waals surface area contributed by atoms with E-state index in [9.17, 15) is 0 Å². The summed E-state index contributed by atoms with van der Waals surface area (Å²) in [6.45, 7) is 5.01. The average Bonchev–Trinajstić information content (AvgIpc) is 3.00. The zero-order valence-corrected chi connectivity index (χ0v) is 13.1. The van der Waals surface area contributed by atoms with Crippen LogP contribution in [0.2, 0.25) is 0 Å². The van der Waals surface area contributed by atoms with Gasteiger partial charge in [-0.25, -0.2) is 0 Å². The van der Waals surface area contributed by atoms with Gasteiger partial charge in [-0.2, -0.15) is 5.10 Å². The van der Waals surface area contributed by atoms with E-state index in [0.29, 0.717) is 18.3 Å². The van der Waals surface area contributed by atoms with Gasteiger partial charge in [-0.3, -0.25) is 4.68 Å². The molecular formula is C16H23N3O2. The van der Waals surface area contributed by atoms with Gasteiger partial charge in [-0.05, 0) is 31.5 Å². The highest BCUT2D eigenvalue weighted by Crippen LogP contribution is 2.29. The van der Waals surface area contributed by atoms with Gasteiger partial charge in [0.2, 0.25) is 0 Å². The van der Waals surface area contributed by atoms with Crippen LogP contribution in [0.4, 0.5) is 5.69 Å². The van der Waals surface area contributed by atoms with Crippen LogP contribution in [-0.2, 0) is 6.54 Å². The molecule has 0 radical (unpaired) electrons. The second-order valence-electron chi connectivity index (χ2n) is 4.97. The van der Waals surface area contributed by atoms with Gasteiger partial charge >= 0.3 is 0 Å². The predicted molar refractivity (Wildman–Crippen MR) is 84.1 cm³/mol. The third-order valence-electron chi connectivity index (χ3n) is 3.56. The van der Waals surface area contributed by atoms with Crippen LogP contribution in [0.3, 0.4) is 0 Å². The molecule has 21 heavy (non-hydrogen) atoms. The molecule has 1 unspecified atom stereocenters. The summed E-state index contributed by atoms with van der Waals surface area (Å²) in [6, 6.07) is 8.25. The van der Waals surface area contributed by atoms with E-state index >= 15 is 0 Å². The first kappa shape index (κ1) is 15.2. The van der Waals surface area contributed by atoms with Crippen molar-refractivity contribution in [2.75, 3.05) is 19.5 Å². The van der Waals surface area contributed by atoms with E-state index in [1.54, 1.807) is 14.2 Å². The van der Waals surface area contributed by atoms with Crippen LogP contribution in [0.5, 0.6) is 11.5 Å². The molecule has 5 nitrogen and oxygen atoms in total. The molecule has 0 aliphatic carbocycles. The summed E-state index contributed by atoms with van der Waals surface area (Å²) < 4.78 is 12.5. The highest BCUT2D eigenvalue weighted by atomic mass is 16.5. The maximum absolute atomic E-state index is 5.29. The topological polar surface area (TPSA) is 48.3 Å². The number of rotatable bonds is 7. The molecule has 0 aliphatic rings. The standard InChI is InChI=1S/C16H23N3O2/c1-5-12(2)19-9-8-14(18-19)11-17-13-6-7-15(20-3)16(10-13)21-4/h6-10,12,17H,5,11H2,1-4H3. The predicted octanol–water partition coefficient (Wildman–Crippen LogP) is 3.48. The monoisotopic (exact) mass is 289 g/mol. The number of methoxy groups -OCH3 is 2. The number of aromatic nitrogens is 2. The fraction of sp³-hybridized carbons (Fsp3) is 0.438. The molecule has 5 heteroatoms. The minimum absolute atomic E-state index is 0.430. The Morgan fingerprint density at radius 2 is 1.95 bits per heavy atom. The first-order chi connectivity index (χ1) is 10.2. The fourth-order valence-electron chi connectivity index (χ4n) is 2.04. The lowest BCUT2D eigenvalue weighted by Gasteiger charge is -2.11. The Kier molecular flexibility index (Phi) is 5.09. The number of nitrogens with zero attached hydrogens (tertiary/aromatic N) is 2. The zero-order chi connectivity index (χ0) is 15.2. The van der Waals surface area contributed by atoms with Crippen molar-refractivity contribution in [1.29, 1.82) is 0 Å². The lowest BCUT2D eigenvalue weighted by Crippen LogP contribution is -2.06. The van der Waals surface area contributed by atoms with Gasteiger partial charge < -0.3 is 14.8 Å². The van der Waals surface area contributed by atoms with Crippen LogP contribution in [0.25, 0.3) is 0 Å². The van der Waals surface area contributed by atoms with E-state index < -0.39 is 0 Å². The number of hydrogen-bond donors (Lipinski definition) is 1. The summed E-state index contributed by atoms with van der Waals surface area (Å²) in [6.07, 6.45) is 3.10. The number of ether oxygens (including phenoxy) is 2. The molecule has 1 aromatic carbocycles. The molecule has 0 saturated carbocycles. The average molecular weight is 289 g/mol. The van der Waals surface area contributed by atoms with Crippen molar-refractivity contribution in [3.63, 3.8) is 0 Å². The highest BCUT2D eigenvalue weighted by molar-refractivity contribution is 5.54. The van der Waals surface area contributed by atoms with Gasteiger partial charge in [0.15, 0.2) is 11.5 Å². The van der Waals surface area contributed by atoms with E-state index in [0.717, 1.165) is 23.6 Å². The normalized spacial score (nSPS) is 12.0. The van der Waals surface area contributed by atoms with Crippen LogP contribution in [0.1, 0.15) is 32.0 Å². The largest absolute Gasteiger partial charge is 0.493 e. The Morgan fingerprint density at radius 3 is 2.62 bits per heavy atom. The van der Waals surface area contributed by atoms with Crippen LogP contribution in [0, 0.1) is 0 Å². The van der Waals surface area contributed by atoms with Gasteiger partial charge in [0, 0.05) is 24.0 Å². The molecule has 2 rings (SSSR count). The van der Waals surface area contributed by atoms with E-state index in [2.05, 4.69) is 24.3 Å². The third-order valence-corrected chi connectivity index (χ3v) is 3.56. The van der Waals surface area contributed by atoms with E-state index in [-0.39, 0.29) is 0 Å². The van der Waals surface area contributed by atoms with Crippen molar-refractivity contribution in [2.24, 2.45) is 0 Å². The molecular weight excluding hydrogens is 266 g/mol. The van der Waals surface area contributed by atoms with Crippen molar-refractivity contribution in [3.05, 3.63) is 36.2 Å². The summed E-state index contributed by atoms with van der Waals surface area (Å²) in [4.78, 5) is 0. The molecule has 0 fully saturated rings. The summed E-state index contributed by atoms with van der Waals surface area (Å²) in [5, 5.41) is 7.92. The zero-order valence-electron chi connectivity index (χ0n) is 13.1. The number of anilines is 1. The van der Waals surface area contributed by atoms with Crippen LogP contribution in [0.15, 0.2) is 30.5 Å². The number of hydrogen-bond acceptors (Lipinski definition) is 4. The molecule has 0 saturated heterocycles. The van der Waals surface area contributed by atoms with Gasteiger partial charge in [0.1, 0.15) is 0 Å². The lowest BCUT2D eigenvalue weighted by molar-refractivity contribution is 0.355. The Bertz CT molecular complexity index is 581. The second kappa shape index (κ2) is 7.02. The Labute approximate surface area is 125 Å². The van der Waals surface area contributed by atoms with Gasteiger partial charge in [-0.15, -0.1) is 0 Å². The second-order valence-corrected chi connectivity index (χ2v) is 4.97. The first-order valence-electron chi connectivity index (χ1n) is 7.17. The van der Waals surface area contributed by atoms with E-state index in [1.165, 1.54) is 0 Å². The number of nitrogens with one attached hydrogen (secondary N) is 1. The molecule has 0 spiro atoms. The molecule has 1 atom stereocenters. The highest BCUT2D eigenvalue weighted by Gasteiger charge is 2.06. The Hall–Kier alpha value is -2.17. The quantitative estimate of drug-likeness (QED) is 0.847. The van der Waals surface area contributed by atoms with E-state index in [1.807, 2.05) is 35.1 Å². The molecule has 1 heterocycles. The van der Waals surface area contributed by atoms with Crippen molar-refractivity contribution >= 4 is 5.69 Å². The summed E-state index contributed by atoms with van der Waals surface area (Å²) in [7, 11) is 3.27. The summed E-state index contributed by atoms with van der Waals surface area (Å²) in [5.74, 6) is 1.44. The third kappa shape index (κ3) is 3.68. The van der Waals surface area contributed by atoms with Crippen LogP contribution in [-0.4, -0.2) is 24.0 Å². The fourth-order valence-corrected chi connectivity index (χ4v) is 2.04. The Balaban J connectivity index is 2.01. The summed E-state index contributed by atoms with van der Waals surface area (Å²) in [5.41, 5.74) is 2.00. The van der Waals surface area contributed by atoms with Crippen LogP contribution < -0.4 is 14.8 Å². The molecule has 0 amide bonds. The molecule has 1 N–H and O–H groups in total. The van der Waals surface area contributed by atoms with E-state index in [4.69, 9.17) is 9.47 Å². The number of benzene rings is 1. The van der Waals surface area contributed by atoms with Crippen molar-refractivity contribution in [3.8, 4) is 11.5 Å². The van der Waals surface area contributed by atoms with Crippen molar-refractivity contribution in [1.82, 2.24) is 9.78 Å². The van der Waals surface area contributed by atoms with Crippen molar-refractivity contribution in [2.45, 2.75) is 32.9 Å². The van der Waals surface area contributed by atoms with Gasteiger partial charge in [0.05, 0.1) is 26.5 Å². The smallest absolute Gasteiger partial charge is 0.162 e. The molecule has 2 aromatic rings. The van der Waals surface area contributed by atoms with Crippen LogP contribution >= 0.6 is 0 Å². The molecule has 1 aromatic heterocycles. The van der Waals surface area contributed by atoms with Crippen molar-refractivity contribution < 1.29 is 9.47 Å². The van der Waals surface area contributed by atoms with Gasteiger partial charge in [0.25, 0.3) is 0 Å². The summed E-state index contributed by atoms with van der Waals surface area (Å²) >= 11 is 0. The minimum atomic E-state index is 0.430. The lowest BCUT2D eigenvalue weighted by atomic mass is 10.2. The molecule has 0 bridgehead atoms. The first-order valence-corrected chi connectivity index (χ1v) is 7.17. The van der Waals surface area contributed by atoms with Gasteiger partial charge in [-0.1, -0.05) is 6.92 Å². The molecule has 0 aliphatic heterocycles.